The molecule has 2 aliphatic heterocycles. The molecule has 0 bridgehead atoms. The molecule has 29 heavy (non-hydrogen) atoms. The van der Waals surface area contributed by atoms with Crippen LogP contribution in [0.15, 0.2) is 30.6 Å². The quantitative estimate of drug-likeness (QED) is 0.733. The lowest BCUT2D eigenvalue weighted by Gasteiger charge is -2.35. The highest BCUT2D eigenvalue weighted by Crippen LogP contribution is 2.23. The number of nitrogens with zero attached hydrogens (tertiary/aromatic N) is 3. The van der Waals surface area contributed by atoms with Crippen molar-refractivity contribution in [2.45, 2.75) is 51.8 Å². The zero-order valence-electron chi connectivity index (χ0n) is 17.4. The predicted octanol–water partition coefficient (Wildman–Crippen LogP) is 3.75. The molecule has 6 heteroatoms. The molecule has 0 saturated carbocycles. The van der Waals surface area contributed by atoms with Crippen molar-refractivity contribution >= 4 is 0 Å². The first-order valence-corrected chi connectivity index (χ1v) is 11.0. The summed E-state index contributed by atoms with van der Waals surface area (Å²) in [6, 6.07) is 7.14. The summed E-state index contributed by atoms with van der Waals surface area (Å²) in [4.78, 5) is 12.6. The number of piperidine rings is 1. The number of hydrogen-bond acceptors (Lipinski definition) is 4. The Morgan fingerprint density at radius 2 is 2.03 bits per heavy atom. The number of imidazole rings is 1. The van der Waals surface area contributed by atoms with Gasteiger partial charge >= 0.3 is 0 Å². The second-order valence-electron chi connectivity index (χ2n) is 8.61. The van der Waals surface area contributed by atoms with Crippen LogP contribution in [0.3, 0.4) is 0 Å². The van der Waals surface area contributed by atoms with Crippen molar-refractivity contribution in [1.29, 1.82) is 0 Å². The summed E-state index contributed by atoms with van der Waals surface area (Å²) in [6.07, 6.45) is 6.81. The molecule has 2 fully saturated rings. The SMILES string of the molecule is Cc1[nH]cnc1CN(CC1CCN(Cc2ccccc2F)CC1)C[C@@H]1CCCO1. The number of hydrogen-bond donors (Lipinski definition) is 1. The van der Waals surface area contributed by atoms with Crippen LogP contribution in [0.25, 0.3) is 0 Å². The second kappa shape index (κ2) is 9.83. The van der Waals surface area contributed by atoms with Gasteiger partial charge in [-0.15, -0.1) is 0 Å². The van der Waals surface area contributed by atoms with Crippen molar-refractivity contribution in [3.05, 3.63) is 53.4 Å². The van der Waals surface area contributed by atoms with Gasteiger partial charge in [0.25, 0.3) is 0 Å². The summed E-state index contributed by atoms with van der Waals surface area (Å²) in [5.74, 6) is 0.583. The standard InChI is InChI=1S/C23H33FN4O/c1-18-23(26-17-25-18)16-28(15-21-6-4-12-29-21)13-19-8-10-27(11-9-19)14-20-5-2-3-7-22(20)24/h2-3,5,7,17,19,21H,4,6,8-16H2,1H3,(H,25,26)/t21-/m0/s1. The number of nitrogens with one attached hydrogen (secondary N) is 1. The lowest BCUT2D eigenvalue weighted by molar-refractivity contribution is 0.0564. The van der Waals surface area contributed by atoms with E-state index in [1.54, 1.807) is 18.5 Å². The largest absolute Gasteiger partial charge is 0.377 e. The van der Waals surface area contributed by atoms with E-state index >= 15 is 0 Å². The van der Waals surface area contributed by atoms with Crippen molar-refractivity contribution in [2.75, 3.05) is 32.8 Å². The Kier molecular flexibility index (Phi) is 6.95. The van der Waals surface area contributed by atoms with Crippen LogP contribution in [-0.2, 0) is 17.8 Å². The molecule has 1 aromatic heterocycles. The first-order chi connectivity index (χ1) is 14.2. The molecule has 4 rings (SSSR count). The minimum atomic E-state index is -0.0910. The van der Waals surface area contributed by atoms with Crippen molar-refractivity contribution < 1.29 is 9.13 Å². The topological polar surface area (TPSA) is 44.4 Å². The van der Waals surface area contributed by atoms with Crippen LogP contribution in [0.4, 0.5) is 4.39 Å². The minimum Gasteiger partial charge on any atom is -0.377 e. The van der Waals surface area contributed by atoms with Gasteiger partial charge in [-0.2, -0.15) is 0 Å². The maximum absolute atomic E-state index is 13.9. The van der Waals surface area contributed by atoms with Crippen molar-refractivity contribution in [3.8, 4) is 0 Å². The van der Waals surface area contributed by atoms with Gasteiger partial charge in [0.1, 0.15) is 5.82 Å². The van der Waals surface area contributed by atoms with E-state index in [1.165, 1.54) is 6.42 Å². The fourth-order valence-electron chi connectivity index (χ4n) is 4.60. The molecule has 0 spiro atoms. The van der Waals surface area contributed by atoms with E-state index in [2.05, 4.69) is 26.7 Å². The van der Waals surface area contributed by atoms with Gasteiger partial charge in [-0.3, -0.25) is 9.80 Å². The Morgan fingerprint density at radius 3 is 2.72 bits per heavy atom. The normalized spacial score (nSPS) is 21.3. The smallest absolute Gasteiger partial charge is 0.127 e. The first kappa shape index (κ1) is 20.5. The van der Waals surface area contributed by atoms with E-state index < -0.39 is 0 Å². The predicted molar refractivity (Wildman–Crippen MR) is 112 cm³/mol. The van der Waals surface area contributed by atoms with E-state index in [0.29, 0.717) is 18.6 Å². The average molecular weight is 401 g/mol. The molecule has 2 aliphatic rings. The highest BCUT2D eigenvalue weighted by atomic mass is 19.1. The number of aromatic amines is 1. The van der Waals surface area contributed by atoms with Gasteiger partial charge in [-0.05, 0) is 57.7 Å². The molecule has 5 nitrogen and oxygen atoms in total. The lowest BCUT2D eigenvalue weighted by Crippen LogP contribution is -2.40. The molecule has 2 saturated heterocycles. The maximum atomic E-state index is 13.9. The highest BCUT2D eigenvalue weighted by molar-refractivity contribution is 5.17. The van der Waals surface area contributed by atoms with Gasteiger partial charge in [0.15, 0.2) is 0 Å². The van der Waals surface area contributed by atoms with Gasteiger partial charge < -0.3 is 9.72 Å². The molecule has 0 radical (unpaired) electrons. The summed E-state index contributed by atoms with van der Waals surface area (Å²) in [5.41, 5.74) is 3.10. The van der Waals surface area contributed by atoms with Crippen LogP contribution in [0, 0.1) is 18.7 Å². The maximum Gasteiger partial charge on any atom is 0.127 e. The Hall–Kier alpha value is -1.76. The van der Waals surface area contributed by atoms with Crippen LogP contribution in [-0.4, -0.2) is 58.7 Å². The molecule has 2 aromatic rings. The van der Waals surface area contributed by atoms with Gasteiger partial charge in [-0.25, -0.2) is 9.37 Å². The monoisotopic (exact) mass is 400 g/mol. The molecule has 158 valence electrons. The van der Waals surface area contributed by atoms with Gasteiger partial charge in [-0.1, -0.05) is 18.2 Å². The summed E-state index contributed by atoms with van der Waals surface area (Å²) in [6.45, 7) is 8.72. The highest BCUT2D eigenvalue weighted by Gasteiger charge is 2.25. The van der Waals surface area contributed by atoms with E-state index in [1.807, 2.05) is 12.1 Å². The molecule has 0 aliphatic carbocycles. The second-order valence-corrected chi connectivity index (χ2v) is 8.61. The number of aryl methyl sites for hydroxylation is 1. The van der Waals surface area contributed by atoms with Crippen LogP contribution < -0.4 is 0 Å². The summed E-state index contributed by atoms with van der Waals surface area (Å²) in [5, 5.41) is 0. The molecule has 3 heterocycles. The number of rotatable bonds is 8. The zero-order valence-corrected chi connectivity index (χ0v) is 17.4. The molecule has 1 N–H and O–H groups in total. The minimum absolute atomic E-state index is 0.0910. The van der Waals surface area contributed by atoms with E-state index in [9.17, 15) is 4.39 Å². The van der Waals surface area contributed by atoms with Gasteiger partial charge in [0.05, 0.1) is 18.1 Å². The van der Waals surface area contributed by atoms with E-state index in [4.69, 9.17) is 4.74 Å². The van der Waals surface area contributed by atoms with Crippen molar-refractivity contribution in [3.63, 3.8) is 0 Å². The molecule has 0 amide bonds. The van der Waals surface area contributed by atoms with Crippen molar-refractivity contribution in [2.24, 2.45) is 5.92 Å². The zero-order chi connectivity index (χ0) is 20.1. The Labute approximate surface area is 173 Å². The summed E-state index contributed by atoms with van der Waals surface area (Å²) >= 11 is 0. The third-order valence-electron chi connectivity index (χ3n) is 6.37. The van der Waals surface area contributed by atoms with Crippen LogP contribution in [0.2, 0.25) is 0 Å². The number of halogens is 1. The number of H-pyrrole nitrogens is 1. The van der Waals surface area contributed by atoms with E-state index in [0.717, 1.165) is 75.5 Å². The summed E-state index contributed by atoms with van der Waals surface area (Å²) in [7, 11) is 0. The van der Waals surface area contributed by atoms with Crippen LogP contribution >= 0.6 is 0 Å². The number of likely N-dealkylation sites (tertiary alicyclic amines) is 1. The number of benzene rings is 1. The third kappa shape index (κ3) is 5.65. The number of ether oxygens (including phenoxy) is 1. The fraction of sp³-hybridized carbons (Fsp3) is 0.609. The van der Waals surface area contributed by atoms with Gasteiger partial charge in [0, 0.05) is 44.0 Å². The molecule has 0 unspecified atom stereocenters. The Morgan fingerprint density at radius 1 is 1.21 bits per heavy atom. The third-order valence-corrected chi connectivity index (χ3v) is 6.37. The van der Waals surface area contributed by atoms with Gasteiger partial charge in [0.2, 0.25) is 0 Å². The average Bonchev–Trinajstić information content (AvgIpc) is 3.37. The molecule has 1 aromatic carbocycles. The van der Waals surface area contributed by atoms with Crippen LogP contribution in [0.5, 0.6) is 0 Å². The number of aromatic nitrogens is 2. The van der Waals surface area contributed by atoms with Crippen molar-refractivity contribution in [1.82, 2.24) is 19.8 Å². The van der Waals surface area contributed by atoms with E-state index in [-0.39, 0.29) is 5.82 Å². The first-order valence-electron chi connectivity index (χ1n) is 11.0. The molecular weight excluding hydrogens is 367 g/mol. The molecular formula is C23H33FN4O. The Balaban J connectivity index is 1.30. The summed E-state index contributed by atoms with van der Waals surface area (Å²) < 4.78 is 19.8. The van der Waals surface area contributed by atoms with Crippen LogP contribution in [0.1, 0.15) is 42.6 Å². The Bertz CT molecular complexity index is 766. The fourth-order valence-corrected chi connectivity index (χ4v) is 4.60. The molecule has 1 atom stereocenters. The lowest BCUT2D eigenvalue weighted by atomic mass is 9.95.